The predicted octanol–water partition coefficient (Wildman–Crippen LogP) is 4.68. The number of para-hydroxylation sites is 2. The highest BCUT2D eigenvalue weighted by Gasteiger charge is 2.31. The summed E-state index contributed by atoms with van der Waals surface area (Å²) in [4.78, 5) is 28.5. The molecule has 0 fully saturated rings. The molecule has 0 radical (unpaired) electrons. The maximum absolute atomic E-state index is 12.9. The standard InChI is InChI=1S/C23H20F3N3O2S/c24-23(25,26)16-10-11-22(31)28(14-16)15-21(30)27-12-5-13-29-17-6-1-3-8-19(17)32-20-9-4-2-7-18(20)29/h1-4,6-11,14H,5,12-13,15H2,(H,27,30). The second kappa shape index (κ2) is 9.12. The molecule has 0 saturated carbocycles. The van der Waals surface area contributed by atoms with Gasteiger partial charge >= 0.3 is 6.18 Å². The van der Waals surface area contributed by atoms with E-state index >= 15 is 0 Å². The monoisotopic (exact) mass is 459 g/mol. The van der Waals surface area contributed by atoms with Crippen LogP contribution in [-0.4, -0.2) is 23.6 Å². The van der Waals surface area contributed by atoms with E-state index in [9.17, 15) is 22.8 Å². The van der Waals surface area contributed by atoms with Gasteiger partial charge in [0.25, 0.3) is 5.56 Å². The Morgan fingerprint density at radius 3 is 2.19 bits per heavy atom. The van der Waals surface area contributed by atoms with Gasteiger partial charge in [-0.25, -0.2) is 0 Å². The Hall–Kier alpha value is -3.20. The molecular weight excluding hydrogens is 439 g/mol. The molecule has 166 valence electrons. The zero-order valence-corrected chi connectivity index (χ0v) is 17.7. The van der Waals surface area contributed by atoms with E-state index in [0.29, 0.717) is 31.8 Å². The summed E-state index contributed by atoms with van der Waals surface area (Å²) in [6, 6.07) is 17.7. The van der Waals surface area contributed by atoms with Gasteiger partial charge in [-0.15, -0.1) is 0 Å². The minimum absolute atomic E-state index is 0.334. The Morgan fingerprint density at radius 2 is 1.56 bits per heavy atom. The summed E-state index contributed by atoms with van der Waals surface area (Å²) < 4.78 is 39.3. The van der Waals surface area contributed by atoms with Crippen LogP contribution in [0, 0.1) is 0 Å². The highest BCUT2D eigenvalue weighted by molar-refractivity contribution is 7.99. The summed E-state index contributed by atoms with van der Waals surface area (Å²) >= 11 is 1.71. The normalized spacial score (nSPS) is 12.8. The summed E-state index contributed by atoms with van der Waals surface area (Å²) in [5.74, 6) is -0.513. The average molecular weight is 459 g/mol. The van der Waals surface area contributed by atoms with Gasteiger partial charge in [-0.05, 0) is 36.8 Å². The molecular formula is C23H20F3N3O2S. The fourth-order valence-electron chi connectivity index (χ4n) is 3.52. The average Bonchev–Trinajstić information content (AvgIpc) is 2.76. The first-order valence-corrected chi connectivity index (χ1v) is 10.8. The van der Waals surface area contributed by atoms with Crippen molar-refractivity contribution in [1.82, 2.24) is 9.88 Å². The van der Waals surface area contributed by atoms with Crippen LogP contribution < -0.4 is 15.8 Å². The zero-order valence-electron chi connectivity index (χ0n) is 16.9. The van der Waals surface area contributed by atoms with Crippen molar-refractivity contribution >= 4 is 29.0 Å². The van der Waals surface area contributed by atoms with Gasteiger partial charge in [-0.2, -0.15) is 13.2 Å². The molecule has 0 aliphatic carbocycles. The van der Waals surface area contributed by atoms with E-state index in [0.717, 1.165) is 31.8 Å². The molecule has 0 bridgehead atoms. The first kappa shape index (κ1) is 22.0. The van der Waals surface area contributed by atoms with Gasteiger partial charge in [0.15, 0.2) is 0 Å². The number of amides is 1. The summed E-state index contributed by atoms with van der Waals surface area (Å²) in [6.45, 7) is 0.521. The molecule has 32 heavy (non-hydrogen) atoms. The lowest BCUT2D eigenvalue weighted by atomic mass is 10.2. The number of anilines is 2. The summed E-state index contributed by atoms with van der Waals surface area (Å²) in [5.41, 5.74) is 0.563. The Morgan fingerprint density at radius 1 is 0.938 bits per heavy atom. The number of halogens is 3. The van der Waals surface area contributed by atoms with Gasteiger partial charge in [-0.1, -0.05) is 36.0 Å². The van der Waals surface area contributed by atoms with Crippen LogP contribution >= 0.6 is 11.8 Å². The van der Waals surface area contributed by atoms with Crippen molar-refractivity contribution in [2.24, 2.45) is 0 Å². The van der Waals surface area contributed by atoms with Crippen molar-refractivity contribution in [2.45, 2.75) is 28.9 Å². The van der Waals surface area contributed by atoms with Gasteiger partial charge in [0.2, 0.25) is 5.91 Å². The van der Waals surface area contributed by atoms with Crippen LogP contribution in [-0.2, 0) is 17.5 Å². The maximum Gasteiger partial charge on any atom is 0.417 e. The number of carbonyl (C=O) groups excluding carboxylic acids is 1. The minimum Gasteiger partial charge on any atom is -0.354 e. The molecule has 1 N–H and O–H groups in total. The van der Waals surface area contributed by atoms with E-state index in [2.05, 4.69) is 34.5 Å². The van der Waals surface area contributed by atoms with E-state index < -0.39 is 29.8 Å². The fourth-order valence-corrected chi connectivity index (χ4v) is 4.62. The zero-order chi connectivity index (χ0) is 22.7. The third-order valence-electron chi connectivity index (χ3n) is 5.04. The number of hydrogen-bond acceptors (Lipinski definition) is 4. The number of carbonyl (C=O) groups is 1. The Kier molecular flexibility index (Phi) is 6.27. The third-order valence-corrected chi connectivity index (χ3v) is 6.17. The predicted molar refractivity (Wildman–Crippen MR) is 117 cm³/mol. The number of nitrogens with zero attached hydrogens (tertiary/aromatic N) is 2. The number of nitrogens with one attached hydrogen (secondary N) is 1. The first-order valence-electron chi connectivity index (χ1n) is 10.0. The second-order valence-electron chi connectivity index (χ2n) is 7.27. The molecule has 1 aliphatic heterocycles. The molecule has 4 rings (SSSR count). The molecule has 0 saturated heterocycles. The van der Waals surface area contributed by atoms with Crippen LogP contribution in [0.4, 0.5) is 24.5 Å². The minimum atomic E-state index is -4.58. The molecule has 2 heterocycles. The lowest BCUT2D eigenvalue weighted by Gasteiger charge is -2.32. The molecule has 0 atom stereocenters. The summed E-state index contributed by atoms with van der Waals surface area (Å²) in [5, 5.41) is 2.69. The van der Waals surface area contributed by atoms with Crippen molar-refractivity contribution in [1.29, 1.82) is 0 Å². The van der Waals surface area contributed by atoms with Gasteiger partial charge in [0.05, 0.1) is 16.9 Å². The fraction of sp³-hybridized carbons (Fsp3) is 0.217. The van der Waals surface area contributed by atoms with Crippen LogP contribution in [0.25, 0.3) is 0 Å². The van der Waals surface area contributed by atoms with E-state index in [1.54, 1.807) is 11.8 Å². The lowest BCUT2D eigenvalue weighted by Crippen LogP contribution is -2.34. The summed E-state index contributed by atoms with van der Waals surface area (Å²) in [6.07, 6.45) is -3.29. The van der Waals surface area contributed by atoms with Gasteiger partial charge in [0, 0.05) is 35.1 Å². The smallest absolute Gasteiger partial charge is 0.354 e. The van der Waals surface area contributed by atoms with Crippen molar-refractivity contribution in [3.63, 3.8) is 0 Å². The van der Waals surface area contributed by atoms with E-state index in [4.69, 9.17) is 0 Å². The van der Waals surface area contributed by atoms with Crippen molar-refractivity contribution in [3.05, 3.63) is 82.8 Å². The highest BCUT2D eigenvalue weighted by Crippen LogP contribution is 2.47. The van der Waals surface area contributed by atoms with Gasteiger partial charge < -0.3 is 14.8 Å². The molecule has 0 spiro atoms. The number of hydrogen-bond donors (Lipinski definition) is 1. The quantitative estimate of drug-likeness (QED) is 0.544. The number of aromatic nitrogens is 1. The Labute approximate surface area is 186 Å². The Balaban J connectivity index is 1.37. The first-order chi connectivity index (χ1) is 15.3. The van der Waals surface area contributed by atoms with Crippen molar-refractivity contribution < 1.29 is 18.0 Å². The highest BCUT2D eigenvalue weighted by atomic mass is 32.2. The van der Waals surface area contributed by atoms with Crippen LogP contribution in [0.3, 0.4) is 0 Å². The van der Waals surface area contributed by atoms with Gasteiger partial charge in [0.1, 0.15) is 6.54 Å². The number of benzene rings is 2. The number of alkyl halides is 3. The van der Waals surface area contributed by atoms with Crippen LogP contribution in [0.2, 0.25) is 0 Å². The molecule has 3 aromatic rings. The molecule has 1 aliphatic rings. The number of rotatable bonds is 6. The molecule has 1 aromatic heterocycles. The SMILES string of the molecule is O=C(Cn1cc(C(F)(F)F)ccc1=O)NCCCN1c2ccccc2Sc2ccccc21. The number of fused-ring (bicyclic) bond motifs is 2. The summed E-state index contributed by atoms with van der Waals surface area (Å²) in [7, 11) is 0. The molecule has 0 unspecified atom stereocenters. The lowest BCUT2D eigenvalue weighted by molar-refractivity contribution is -0.138. The Bertz CT molecular complexity index is 1150. The third kappa shape index (κ3) is 4.83. The van der Waals surface area contributed by atoms with Crippen molar-refractivity contribution in [2.75, 3.05) is 18.0 Å². The van der Waals surface area contributed by atoms with E-state index in [1.165, 1.54) is 0 Å². The molecule has 5 nitrogen and oxygen atoms in total. The molecule has 1 amide bonds. The van der Waals surface area contributed by atoms with Gasteiger partial charge in [-0.3, -0.25) is 9.59 Å². The van der Waals surface area contributed by atoms with E-state index in [1.807, 2.05) is 24.3 Å². The van der Waals surface area contributed by atoms with Crippen molar-refractivity contribution in [3.8, 4) is 0 Å². The second-order valence-corrected chi connectivity index (χ2v) is 8.36. The topological polar surface area (TPSA) is 54.3 Å². The maximum atomic E-state index is 12.9. The van der Waals surface area contributed by atoms with E-state index in [-0.39, 0.29) is 0 Å². The van der Waals surface area contributed by atoms with Crippen LogP contribution in [0.1, 0.15) is 12.0 Å². The number of pyridine rings is 1. The van der Waals surface area contributed by atoms with Crippen LogP contribution in [0.5, 0.6) is 0 Å². The largest absolute Gasteiger partial charge is 0.417 e. The molecule has 2 aromatic carbocycles. The van der Waals surface area contributed by atoms with Crippen LogP contribution in [0.15, 0.2) is 81.4 Å². The molecule has 9 heteroatoms.